The molecule has 0 bridgehead atoms. The molecular formula is C38H52N4O7. The highest BCUT2D eigenvalue weighted by molar-refractivity contribution is 6.07. The number of primary amides is 1. The number of carbonyl (C=O) groups is 3. The second kappa shape index (κ2) is 17.3. The van der Waals surface area contributed by atoms with Gasteiger partial charge in [0, 0.05) is 25.8 Å². The molecule has 0 saturated carbocycles. The van der Waals surface area contributed by atoms with Gasteiger partial charge in [0.15, 0.2) is 5.54 Å². The summed E-state index contributed by atoms with van der Waals surface area (Å²) in [5.41, 5.74) is 6.29. The monoisotopic (exact) mass is 676 g/mol. The van der Waals surface area contributed by atoms with Gasteiger partial charge in [-0.05, 0) is 68.4 Å². The number of alkyl carbamates (subject to hydrolysis) is 1. The van der Waals surface area contributed by atoms with Gasteiger partial charge in [0.25, 0.3) is 0 Å². The van der Waals surface area contributed by atoms with Crippen molar-refractivity contribution in [3.05, 3.63) is 102 Å². The summed E-state index contributed by atoms with van der Waals surface area (Å²) < 4.78 is 11.2. The molecule has 11 nitrogen and oxygen atoms in total. The Kier molecular flexibility index (Phi) is 13.8. The molecule has 3 aromatic carbocycles. The summed E-state index contributed by atoms with van der Waals surface area (Å²) >= 11 is 0. The number of aliphatic hydroxyl groups is 2. The minimum atomic E-state index is -2.09. The molecule has 0 spiro atoms. The third-order valence-corrected chi connectivity index (χ3v) is 8.29. The van der Waals surface area contributed by atoms with E-state index in [4.69, 9.17) is 15.2 Å². The highest BCUT2D eigenvalue weighted by atomic mass is 16.6. The molecular weight excluding hydrogens is 624 g/mol. The molecule has 4 unspecified atom stereocenters. The largest absolute Gasteiger partial charge is 0.459 e. The van der Waals surface area contributed by atoms with E-state index in [9.17, 15) is 24.6 Å². The molecule has 2 amide bonds. The van der Waals surface area contributed by atoms with Crippen molar-refractivity contribution < 1.29 is 34.1 Å². The first-order chi connectivity index (χ1) is 23.0. The van der Waals surface area contributed by atoms with Crippen molar-refractivity contribution in [3.63, 3.8) is 0 Å². The SMILES string of the molecule is CC(C)[C@](NC(Cc1ccccc1)C(O)C(O)C(Cc1ccccc1)NC(=O)OC(C)(C)C)(C(N)=O)C(=O)OCc1ccc(N(C)C)cc1. The number of hydrogen-bond acceptors (Lipinski definition) is 9. The maximum Gasteiger partial charge on any atom is 0.407 e. The van der Waals surface area contributed by atoms with Crippen LogP contribution >= 0.6 is 0 Å². The second-order valence-corrected chi connectivity index (χ2v) is 13.8. The van der Waals surface area contributed by atoms with Gasteiger partial charge in [-0.15, -0.1) is 0 Å². The Morgan fingerprint density at radius 3 is 1.71 bits per heavy atom. The van der Waals surface area contributed by atoms with E-state index in [0.29, 0.717) is 5.56 Å². The van der Waals surface area contributed by atoms with Crippen LogP contribution < -0.4 is 21.3 Å². The van der Waals surface area contributed by atoms with Crippen LogP contribution in [0, 0.1) is 5.92 Å². The van der Waals surface area contributed by atoms with Crippen molar-refractivity contribution in [1.82, 2.24) is 10.6 Å². The maximum atomic E-state index is 13.9. The molecule has 49 heavy (non-hydrogen) atoms. The zero-order valence-electron chi connectivity index (χ0n) is 29.6. The zero-order valence-corrected chi connectivity index (χ0v) is 29.6. The predicted octanol–water partition coefficient (Wildman–Crippen LogP) is 3.73. The van der Waals surface area contributed by atoms with E-state index in [1.807, 2.05) is 104 Å². The van der Waals surface area contributed by atoms with E-state index < -0.39 is 59.3 Å². The van der Waals surface area contributed by atoms with E-state index in [1.165, 1.54) is 0 Å². The third kappa shape index (κ3) is 11.0. The summed E-state index contributed by atoms with van der Waals surface area (Å²) in [6.07, 6.45) is -3.74. The summed E-state index contributed by atoms with van der Waals surface area (Å²) in [5.74, 6) is -2.64. The number of nitrogens with two attached hydrogens (primary N) is 1. The highest BCUT2D eigenvalue weighted by Gasteiger charge is 2.52. The molecule has 3 rings (SSSR count). The number of nitrogens with zero attached hydrogens (tertiary/aromatic N) is 1. The van der Waals surface area contributed by atoms with Crippen molar-refractivity contribution in [1.29, 1.82) is 0 Å². The van der Waals surface area contributed by atoms with Crippen molar-refractivity contribution in [3.8, 4) is 0 Å². The number of hydrogen-bond donors (Lipinski definition) is 5. The summed E-state index contributed by atoms with van der Waals surface area (Å²) in [6.45, 7) is 8.33. The van der Waals surface area contributed by atoms with Gasteiger partial charge in [-0.2, -0.15) is 0 Å². The van der Waals surface area contributed by atoms with Gasteiger partial charge in [0.2, 0.25) is 5.91 Å². The zero-order chi connectivity index (χ0) is 36.4. The topological polar surface area (TPSA) is 163 Å². The Labute approximate surface area is 289 Å². The first-order valence-electron chi connectivity index (χ1n) is 16.5. The number of esters is 1. The Morgan fingerprint density at radius 1 is 0.776 bits per heavy atom. The molecule has 0 fully saturated rings. The lowest BCUT2D eigenvalue weighted by atomic mass is 9.82. The molecule has 266 valence electrons. The quantitative estimate of drug-likeness (QED) is 0.112. The van der Waals surface area contributed by atoms with Crippen LogP contribution in [-0.2, 0) is 38.5 Å². The number of benzene rings is 3. The highest BCUT2D eigenvalue weighted by Crippen LogP contribution is 2.25. The maximum absolute atomic E-state index is 13.9. The van der Waals surface area contributed by atoms with Crippen molar-refractivity contribution in [2.75, 3.05) is 19.0 Å². The van der Waals surface area contributed by atoms with Crippen LogP contribution in [0.25, 0.3) is 0 Å². The Hall–Kier alpha value is -4.45. The van der Waals surface area contributed by atoms with Gasteiger partial charge in [-0.3, -0.25) is 10.1 Å². The van der Waals surface area contributed by atoms with Crippen LogP contribution in [0.3, 0.4) is 0 Å². The fourth-order valence-corrected chi connectivity index (χ4v) is 5.55. The summed E-state index contributed by atoms with van der Waals surface area (Å²) in [6, 6.07) is 23.6. The van der Waals surface area contributed by atoms with E-state index in [1.54, 1.807) is 34.6 Å². The van der Waals surface area contributed by atoms with Crippen LogP contribution in [0.5, 0.6) is 0 Å². The summed E-state index contributed by atoms with van der Waals surface area (Å²) in [7, 11) is 3.83. The molecule has 0 aliphatic rings. The minimum absolute atomic E-state index is 0.0879. The lowest BCUT2D eigenvalue weighted by molar-refractivity contribution is -0.161. The van der Waals surface area contributed by atoms with Gasteiger partial charge in [0.1, 0.15) is 18.3 Å². The van der Waals surface area contributed by atoms with E-state index in [0.717, 1.165) is 16.8 Å². The van der Waals surface area contributed by atoms with Crippen LogP contribution in [0.1, 0.15) is 51.3 Å². The number of rotatable bonds is 16. The molecule has 0 saturated heterocycles. The summed E-state index contributed by atoms with van der Waals surface area (Å²) in [4.78, 5) is 42.1. The molecule has 0 aromatic heterocycles. The third-order valence-electron chi connectivity index (χ3n) is 8.29. The van der Waals surface area contributed by atoms with Crippen LogP contribution in [0.15, 0.2) is 84.9 Å². The molecule has 0 aliphatic carbocycles. The van der Waals surface area contributed by atoms with Gasteiger partial charge in [-0.1, -0.05) is 86.6 Å². The van der Waals surface area contributed by atoms with E-state index in [-0.39, 0.29) is 19.4 Å². The second-order valence-electron chi connectivity index (χ2n) is 13.8. The standard InChI is InChI=1S/C38H52N4O7/c1-25(2)38(34(39)45,35(46)48-24-28-18-20-29(21-19-28)42(6)7)41-31(23-27-16-12-9-13-17-27)33(44)32(43)30(22-26-14-10-8-11-15-26)40-36(47)49-37(3,4)5/h8-21,25,30-33,41,43-44H,22-24H2,1-7H3,(H2,39,45)(H,40,47)/t30?,31?,32?,33?,38-/m0/s1. The number of aliphatic hydroxyl groups excluding tert-OH is 2. The molecule has 6 N–H and O–H groups in total. The number of carbonyl (C=O) groups excluding carboxylic acids is 3. The minimum Gasteiger partial charge on any atom is -0.459 e. The lowest BCUT2D eigenvalue weighted by Gasteiger charge is -2.40. The number of anilines is 1. The number of ether oxygens (including phenoxy) is 2. The molecule has 0 radical (unpaired) electrons. The van der Waals surface area contributed by atoms with Gasteiger partial charge in [0.05, 0.1) is 12.1 Å². The molecule has 0 heterocycles. The molecule has 11 heteroatoms. The van der Waals surface area contributed by atoms with Crippen LogP contribution in [-0.4, -0.2) is 77.7 Å². The Bertz CT molecular complexity index is 1490. The van der Waals surface area contributed by atoms with Gasteiger partial charge >= 0.3 is 12.1 Å². The number of amides is 2. The Morgan fingerprint density at radius 2 is 1.27 bits per heavy atom. The first-order valence-corrected chi connectivity index (χ1v) is 16.5. The first kappa shape index (κ1) is 39.0. The molecule has 0 aliphatic heterocycles. The van der Waals surface area contributed by atoms with Crippen molar-refractivity contribution in [2.24, 2.45) is 11.7 Å². The normalized spacial score (nSPS) is 15.3. The smallest absolute Gasteiger partial charge is 0.407 e. The lowest BCUT2D eigenvalue weighted by Crippen LogP contribution is -2.70. The van der Waals surface area contributed by atoms with Crippen LogP contribution in [0.4, 0.5) is 10.5 Å². The average molecular weight is 677 g/mol. The fourth-order valence-electron chi connectivity index (χ4n) is 5.55. The van der Waals surface area contributed by atoms with Crippen LogP contribution in [0.2, 0.25) is 0 Å². The van der Waals surface area contributed by atoms with Gasteiger partial charge in [-0.25, -0.2) is 9.59 Å². The van der Waals surface area contributed by atoms with Crippen molar-refractivity contribution in [2.45, 2.75) is 89.5 Å². The Balaban J connectivity index is 1.98. The molecule has 3 aromatic rings. The van der Waals surface area contributed by atoms with E-state index >= 15 is 0 Å². The average Bonchev–Trinajstić information content (AvgIpc) is 3.04. The molecule has 5 atom stereocenters. The number of nitrogens with one attached hydrogen (secondary N) is 2. The van der Waals surface area contributed by atoms with Gasteiger partial charge < -0.3 is 35.6 Å². The van der Waals surface area contributed by atoms with Crippen molar-refractivity contribution >= 4 is 23.7 Å². The summed E-state index contributed by atoms with van der Waals surface area (Å²) in [5, 5.41) is 29.4. The predicted molar refractivity (Wildman–Crippen MR) is 190 cm³/mol. The fraction of sp³-hybridized carbons (Fsp3) is 0.447. The van der Waals surface area contributed by atoms with E-state index in [2.05, 4.69) is 10.6 Å².